The van der Waals surface area contributed by atoms with Gasteiger partial charge in [-0.1, -0.05) is 0 Å². The van der Waals surface area contributed by atoms with Crippen molar-refractivity contribution in [2.75, 3.05) is 0 Å². The van der Waals surface area contributed by atoms with Crippen LogP contribution in [0.15, 0.2) is 6.20 Å². The highest BCUT2D eigenvalue weighted by molar-refractivity contribution is 5.13. The first-order valence-corrected chi connectivity index (χ1v) is 3.59. The lowest BCUT2D eigenvalue weighted by atomic mass is 9.74. The number of rotatable bonds is 1. The number of nitrogens with zero attached hydrogens (tertiary/aromatic N) is 2. The van der Waals surface area contributed by atoms with Crippen LogP contribution in [-0.4, -0.2) is 21.6 Å². The van der Waals surface area contributed by atoms with E-state index in [9.17, 15) is 4.39 Å². The lowest BCUT2D eigenvalue weighted by molar-refractivity contribution is -0.526. The first-order chi connectivity index (χ1) is 5.23. The second kappa shape index (κ2) is 2.99. The summed E-state index contributed by atoms with van der Waals surface area (Å²) in [5.41, 5.74) is 3.82. The van der Waals surface area contributed by atoms with E-state index in [1.54, 1.807) is 6.20 Å². The van der Waals surface area contributed by atoms with Crippen molar-refractivity contribution in [3.63, 3.8) is 0 Å². The van der Waals surface area contributed by atoms with Crippen LogP contribution in [0.25, 0.3) is 0 Å². The van der Waals surface area contributed by atoms with Crippen molar-refractivity contribution in [3.05, 3.63) is 11.9 Å². The van der Waals surface area contributed by atoms with Crippen molar-refractivity contribution >= 4 is 0 Å². The van der Waals surface area contributed by atoms with Crippen LogP contribution >= 0.6 is 0 Å². The number of hydrogen-bond donors (Lipinski definition) is 2. The van der Waals surface area contributed by atoms with Gasteiger partial charge in [0.15, 0.2) is 11.7 Å². The lowest BCUT2D eigenvalue weighted by Crippen LogP contribution is -3.00. The molecule has 4 nitrogen and oxygen atoms in total. The largest absolute Gasteiger partial charge is 1.00 e. The Balaban J connectivity index is 0.000000720. The molecule has 1 aliphatic rings. The number of hydrogen-bond acceptors (Lipinski definition) is 2. The summed E-state index contributed by atoms with van der Waals surface area (Å²) in [5, 5.41) is 9.90. The highest BCUT2D eigenvalue weighted by Crippen LogP contribution is 2.38. The predicted octanol–water partition coefficient (Wildman–Crippen LogP) is -3.62. The minimum atomic E-state index is -0.854. The van der Waals surface area contributed by atoms with E-state index in [0.29, 0.717) is 12.1 Å². The fourth-order valence-corrected chi connectivity index (χ4v) is 1.33. The molecule has 6 heteroatoms. The predicted molar refractivity (Wildman–Crippen MR) is 35.1 cm³/mol. The Bertz CT molecular complexity index is 252. The molecular weight excluding hydrogens is 183 g/mol. The fraction of sp³-hybridized carbons (Fsp3) is 0.667. The molecule has 0 spiro atoms. The van der Waals surface area contributed by atoms with Crippen LogP contribution in [0.2, 0.25) is 0 Å². The van der Waals surface area contributed by atoms with Crippen LogP contribution in [0.3, 0.4) is 0 Å². The molecule has 1 aromatic rings. The number of quaternary nitrogens is 1. The molecule has 0 saturated heterocycles. The smallest absolute Gasteiger partial charge is 0.172 e. The van der Waals surface area contributed by atoms with Gasteiger partial charge in [0.2, 0.25) is 0 Å². The summed E-state index contributed by atoms with van der Waals surface area (Å²) in [5.74, 6) is 0. The van der Waals surface area contributed by atoms with E-state index in [-0.39, 0.29) is 12.4 Å². The summed E-state index contributed by atoms with van der Waals surface area (Å²) in [6.07, 6.45) is 2.04. The first-order valence-electron chi connectivity index (χ1n) is 3.59. The van der Waals surface area contributed by atoms with Gasteiger partial charge in [-0.15, -0.1) is 0 Å². The number of aromatic amines is 1. The summed E-state index contributed by atoms with van der Waals surface area (Å²) in [7, 11) is 0. The number of nitrogens with one attached hydrogen (secondary N) is 1. The van der Waals surface area contributed by atoms with Crippen LogP contribution in [0, 0.1) is 0 Å². The average Bonchev–Trinajstić information content (AvgIpc) is 2.52. The monoisotopic (exact) mass is 192 g/mol. The summed E-state index contributed by atoms with van der Waals surface area (Å²) in [6.45, 7) is 0. The van der Waals surface area contributed by atoms with Crippen molar-refractivity contribution in [2.45, 2.75) is 24.6 Å². The van der Waals surface area contributed by atoms with Crippen LogP contribution in [0.1, 0.15) is 18.5 Å². The number of H-pyrrole nitrogens is 1. The summed E-state index contributed by atoms with van der Waals surface area (Å²) in [4.78, 5) is 0. The second-order valence-electron chi connectivity index (χ2n) is 3.02. The molecule has 0 amide bonds. The van der Waals surface area contributed by atoms with E-state index < -0.39 is 11.7 Å². The molecule has 1 saturated carbocycles. The normalized spacial score (nSPS) is 33.7. The van der Waals surface area contributed by atoms with E-state index in [2.05, 4.69) is 21.1 Å². The molecule has 0 radical (unpaired) electrons. The Kier molecular flexibility index (Phi) is 2.34. The van der Waals surface area contributed by atoms with Crippen LogP contribution in [-0.2, 0) is 5.54 Å². The van der Waals surface area contributed by atoms with Gasteiger partial charge < -0.3 is 18.1 Å². The second-order valence-corrected chi connectivity index (χ2v) is 3.02. The molecule has 2 unspecified atom stereocenters. The highest BCUT2D eigenvalue weighted by atomic mass is 35.5. The van der Waals surface area contributed by atoms with Crippen LogP contribution in [0.5, 0.6) is 0 Å². The lowest BCUT2D eigenvalue weighted by Gasteiger charge is -2.35. The third-order valence-electron chi connectivity index (χ3n) is 2.37. The standard InChI is InChI=1S/C6H9FN4.ClH/c7-4-1-2-6(4,8)5-3-9-11-10-5;/h3-4H,1-2,8H2,(H,9,10,11);1H. The van der Waals surface area contributed by atoms with E-state index in [1.165, 1.54) is 0 Å². The maximum absolute atomic E-state index is 13.0. The molecule has 1 aliphatic carbocycles. The molecule has 1 heterocycles. The molecule has 2 atom stereocenters. The quantitative estimate of drug-likeness (QED) is 0.483. The minimum absolute atomic E-state index is 0. The van der Waals surface area contributed by atoms with Crippen LogP contribution < -0.4 is 18.1 Å². The van der Waals surface area contributed by atoms with Crippen molar-refractivity contribution in [2.24, 2.45) is 0 Å². The topological polar surface area (TPSA) is 69.2 Å². The maximum atomic E-state index is 13.0. The Hall–Kier alpha value is -0.680. The molecule has 0 bridgehead atoms. The summed E-state index contributed by atoms with van der Waals surface area (Å²) >= 11 is 0. The first kappa shape index (κ1) is 9.41. The zero-order chi connectivity index (χ0) is 7.90. The zero-order valence-electron chi connectivity index (χ0n) is 6.43. The Labute approximate surface area is 75.1 Å². The molecule has 0 aliphatic heterocycles. The fourth-order valence-electron chi connectivity index (χ4n) is 1.33. The summed E-state index contributed by atoms with van der Waals surface area (Å²) in [6, 6.07) is 0. The van der Waals surface area contributed by atoms with E-state index >= 15 is 0 Å². The van der Waals surface area contributed by atoms with Crippen molar-refractivity contribution < 1.29 is 22.5 Å². The molecule has 12 heavy (non-hydrogen) atoms. The maximum Gasteiger partial charge on any atom is 0.172 e. The van der Waals surface area contributed by atoms with Gasteiger partial charge in [0.05, 0.1) is 6.20 Å². The van der Waals surface area contributed by atoms with Gasteiger partial charge in [-0.05, 0) is 6.42 Å². The van der Waals surface area contributed by atoms with Gasteiger partial charge in [-0.25, -0.2) is 4.39 Å². The average molecular weight is 193 g/mol. The molecule has 2 rings (SSSR count). The number of alkyl halides is 1. The van der Waals surface area contributed by atoms with Crippen molar-refractivity contribution in [1.82, 2.24) is 15.4 Å². The van der Waals surface area contributed by atoms with Crippen molar-refractivity contribution in [1.29, 1.82) is 0 Å². The van der Waals surface area contributed by atoms with Gasteiger partial charge >= 0.3 is 0 Å². The zero-order valence-corrected chi connectivity index (χ0v) is 7.18. The Morgan fingerprint density at radius 1 is 1.75 bits per heavy atom. The Morgan fingerprint density at radius 3 is 2.83 bits per heavy atom. The van der Waals surface area contributed by atoms with Gasteiger partial charge in [-0.3, -0.25) is 0 Å². The SMILES string of the molecule is [Cl-].[NH3+]C1(c2cn[nH]n2)CCC1F. The van der Waals surface area contributed by atoms with Crippen LogP contribution in [0.4, 0.5) is 4.39 Å². The van der Waals surface area contributed by atoms with Gasteiger partial charge in [0, 0.05) is 6.42 Å². The van der Waals surface area contributed by atoms with E-state index in [0.717, 1.165) is 6.42 Å². The summed E-state index contributed by atoms with van der Waals surface area (Å²) < 4.78 is 13.0. The third-order valence-corrected chi connectivity index (χ3v) is 2.37. The minimum Gasteiger partial charge on any atom is -1.00 e. The van der Waals surface area contributed by atoms with E-state index in [1.807, 2.05) is 0 Å². The van der Waals surface area contributed by atoms with Gasteiger partial charge in [0.1, 0.15) is 5.69 Å². The molecular formula is C6H10ClFN4. The molecule has 1 fully saturated rings. The number of halogens is 2. The van der Waals surface area contributed by atoms with E-state index in [4.69, 9.17) is 0 Å². The third kappa shape index (κ3) is 1.09. The molecule has 0 aromatic carbocycles. The molecule has 4 N–H and O–H groups in total. The van der Waals surface area contributed by atoms with Crippen molar-refractivity contribution in [3.8, 4) is 0 Å². The van der Waals surface area contributed by atoms with Gasteiger partial charge in [0.25, 0.3) is 0 Å². The molecule has 68 valence electrons. The Morgan fingerprint density at radius 2 is 2.50 bits per heavy atom. The highest BCUT2D eigenvalue weighted by Gasteiger charge is 2.51. The number of aromatic nitrogens is 3. The molecule has 1 aromatic heterocycles. The van der Waals surface area contributed by atoms with Gasteiger partial charge in [-0.2, -0.15) is 15.4 Å².